The summed E-state index contributed by atoms with van der Waals surface area (Å²) in [5.41, 5.74) is 0.0633. The second-order valence-electron chi connectivity index (χ2n) is 4.97. The van der Waals surface area contributed by atoms with Crippen LogP contribution in [0.4, 0.5) is 11.5 Å². The van der Waals surface area contributed by atoms with Crippen molar-refractivity contribution in [2.45, 2.75) is 40.2 Å². The summed E-state index contributed by atoms with van der Waals surface area (Å²) < 4.78 is 0. The maximum Gasteiger partial charge on any atom is 0.288 e. The molecule has 0 atom stereocenters. The zero-order chi connectivity index (χ0) is 16.0. The molecule has 116 valence electrons. The van der Waals surface area contributed by atoms with E-state index in [2.05, 4.69) is 10.3 Å². The predicted molar refractivity (Wildman–Crippen MR) is 81.5 cm³/mol. The molecule has 0 fully saturated rings. The minimum absolute atomic E-state index is 0.0196. The molecule has 21 heavy (non-hydrogen) atoms. The molecule has 0 aliphatic heterocycles. The van der Waals surface area contributed by atoms with Crippen LogP contribution in [0.2, 0.25) is 0 Å². The zero-order valence-corrected chi connectivity index (χ0v) is 12.9. The fourth-order valence-corrected chi connectivity index (χ4v) is 2.01. The van der Waals surface area contributed by atoms with E-state index in [1.54, 1.807) is 4.90 Å². The van der Waals surface area contributed by atoms with Crippen molar-refractivity contribution in [3.8, 4) is 0 Å². The van der Waals surface area contributed by atoms with Crippen LogP contribution in [0.3, 0.4) is 0 Å². The maximum absolute atomic E-state index is 12.7. The number of aromatic nitrogens is 1. The number of hydrogen-bond donors (Lipinski definition) is 1. The van der Waals surface area contributed by atoms with E-state index in [0.717, 1.165) is 12.6 Å². The lowest BCUT2D eigenvalue weighted by atomic mass is 10.1. The number of pyridine rings is 1. The molecule has 7 heteroatoms. The molecule has 1 rings (SSSR count). The Morgan fingerprint density at radius 3 is 2.62 bits per heavy atom. The van der Waals surface area contributed by atoms with Crippen LogP contribution in [-0.4, -0.2) is 39.8 Å². The van der Waals surface area contributed by atoms with Crippen LogP contribution >= 0.6 is 0 Å². The number of rotatable bonds is 7. The van der Waals surface area contributed by atoms with Gasteiger partial charge in [0.25, 0.3) is 11.6 Å². The van der Waals surface area contributed by atoms with Crippen molar-refractivity contribution in [2.24, 2.45) is 0 Å². The number of nitro groups is 1. The Morgan fingerprint density at radius 2 is 2.14 bits per heavy atom. The van der Waals surface area contributed by atoms with Crippen LogP contribution in [0.15, 0.2) is 12.3 Å². The first-order chi connectivity index (χ1) is 9.92. The van der Waals surface area contributed by atoms with E-state index in [1.165, 1.54) is 6.07 Å². The molecule has 0 radical (unpaired) electrons. The van der Waals surface area contributed by atoms with Crippen LogP contribution in [0, 0.1) is 10.1 Å². The SMILES string of the molecule is CCCN(C(=O)c1cc([N+](=O)[O-])cnc1NCC)C(C)C. The van der Waals surface area contributed by atoms with E-state index >= 15 is 0 Å². The molecule has 0 spiro atoms. The van der Waals surface area contributed by atoms with Gasteiger partial charge in [-0.05, 0) is 27.2 Å². The topological polar surface area (TPSA) is 88.4 Å². The number of nitrogens with one attached hydrogen (secondary N) is 1. The minimum Gasteiger partial charge on any atom is -0.370 e. The van der Waals surface area contributed by atoms with Gasteiger partial charge in [0.15, 0.2) is 0 Å². The molecule has 1 amide bonds. The highest BCUT2D eigenvalue weighted by Crippen LogP contribution is 2.21. The molecule has 7 nitrogen and oxygen atoms in total. The normalized spacial score (nSPS) is 10.5. The van der Waals surface area contributed by atoms with Gasteiger partial charge in [0.1, 0.15) is 12.0 Å². The lowest BCUT2D eigenvalue weighted by Crippen LogP contribution is -2.38. The Kier molecular flexibility index (Phi) is 6.08. The second-order valence-corrected chi connectivity index (χ2v) is 4.97. The van der Waals surface area contributed by atoms with Gasteiger partial charge < -0.3 is 10.2 Å². The summed E-state index contributed by atoms with van der Waals surface area (Å²) in [5.74, 6) is 0.147. The fourth-order valence-electron chi connectivity index (χ4n) is 2.01. The molecular weight excluding hydrogens is 272 g/mol. The largest absolute Gasteiger partial charge is 0.370 e. The van der Waals surface area contributed by atoms with Gasteiger partial charge in [-0.3, -0.25) is 14.9 Å². The molecule has 0 unspecified atom stereocenters. The molecule has 1 aromatic heterocycles. The highest BCUT2D eigenvalue weighted by atomic mass is 16.6. The summed E-state index contributed by atoms with van der Waals surface area (Å²) in [6.07, 6.45) is 1.98. The summed E-state index contributed by atoms with van der Waals surface area (Å²) in [5, 5.41) is 13.9. The number of carbonyl (C=O) groups is 1. The van der Waals surface area contributed by atoms with Crippen molar-refractivity contribution in [2.75, 3.05) is 18.4 Å². The van der Waals surface area contributed by atoms with Gasteiger partial charge in [0.05, 0.1) is 10.5 Å². The van der Waals surface area contributed by atoms with Crippen molar-refractivity contribution in [1.29, 1.82) is 0 Å². The number of nitrogens with zero attached hydrogens (tertiary/aromatic N) is 3. The van der Waals surface area contributed by atoms with Crippen LogP contribution in [0.25, 0.3) is 0 Å². The van der Waals surface area contributed by atoms with Crippen molar-refractivity contribution < 1.29 is 9.72 Å². The summed E-state index contributed by atoms with van der Waals surface area (Å²) >= 11 is 0. The van der Waals surface area contributed by atoms with Gasteiger partial charge in [-0.15, -0.1) is 0 Å². The molecule has 0 aliphatic carbocycles. The molecule has 0 bridgehead atoms. The first-order valence-corrected chi connectivity index (χ1v) is 7.11. The van der Waals surface area contributed by atoms with Crippen molar-refractivity contribution in [3.05, 3.63) is 27.9 Å². The molecule has 0 saturated carbocycles. The van der Waals surface area contributed by atoms with E-state index < -0.39 is 4.92 Å². The van der Waals surface area contributed by atoms with Crippen molar-refractivity contribution in [1.82, 2.24) is 9.88 Å². The lowest BCUT2D eigenvalue weighted by molar-refractivity contribution is -0.385. The zero-order valence-electron chi connectivity index (χ0n) is 12.9. The van der Waals surface area contributed by atoms with E-state index in [1.807, 2.05) is 27.7 Å². The second kappa shape index (κ2) is 7.56. The first kappa shape index (κ1) is 16.9. The summed E-state index contributed by atoms with van der Waals surface area (Å²) in [7, 11) is 0. The van der Waals surface area contributed by atoms with E-state index in [-0.39, 0.29) is 23.2 Å². The number of carbonyl (C=O) groups excluding carboxylic acids is 1. The van der Waals surface area contributed by atoms with Gasteiger partial charge in [0.2, 0.25) is 0 Å². The predicted octanol–water partition coefficient (Wildman–Crippen LogP) is 2.68. The van der Waals surface area contributed by atoms with Gasteiger partial charge in [-0.2, -0.15) is 0 Å². The van der Waals surface area contributed by atoms with Crippen LogP contribution in [0.5, 0.6) is 0 Å². The standard InChI is InChI=1S/C14H22N4O3/c1-5-7-17(10(3)4)14(19)12-8-11(18(20)21)9-16-13(12)15-6-2/h8-10H,5-7H2,1-4H3,(H,15,16). The lowest BCUT2D eigenvalue weighted by Gasteiger charge is -2.27. The van der Waals surface area contributed by atoms with Gasteiger partial charge in [-0.25, -0.2) is 4.98 Å². The van der Waals surface area contributed by atoms with Crippen molar-refractivity contribution >= 4 is 17.4 Å². The summed E-state index contributed by atoms with van der Waals surface area (Å²) in [6.45, 7) is 8.89. The Morgan fingerprint density at radius 1 is 1.48 bits per heavy atom. The molecule has 0 aromatic carbocycles. The quantitative estimate of drug-likeness (QED) is 0.617. The van der Waals surface area contributed by atoms with Gasteiger partial charge in [-0.1, -0.05) is 6.92 Å². The molecule has 0 aliphatic rings. The fraction of sp³-hybridized carbons (Fsp3) is 0.571. The van der Waals surface area contributed by atoms with E-state index in [0.29, 0.717) is 18.9 Å². The Bertz CT molecular complexity index is 517. The number of amides is 1. The Balaban J connectivity index is 3.25. The smallest absolute Gasteiger partial charge is 0.288 e. The number of anilines is 1. The third-order valence-corrected chi connectivity index (χ3v) is 3.01. The number of hydrogen-bond acceptors (Lipinski definition) is 5. The Hall–Kier alpha value is -2.18. The molecule has 1 heterocycles. The van der Waals surface area contributed by atoms with Crippen molar-refractivity contribution in [3.63, 3.8) is 0 Å². The average molecular weight is 294 g/mol. The molecule has 1 aromatic rings. The summed E-state index contributed by atoms with van der Waals surface area (Å²) in [6, 6.07) is 1.31. The van der Waals surface area contributed by atoms with E-state index in [9.17, 15) is 14.9 Å². The van der Waals surface area contributed by atoms with E-state index in [4.69, 9.17) is 0 Å². The van der Waals surface area contributed by atoms with Crippen LogP contribution in [-0.2, 0) is 0 Å². The van der Waals surface area contributed by atoms with Crippen LogP contribution in [0.1, 0.15) is 44.5 Å². The molecule has 1 N–H and O–H groups in total. The minimum atomic E-state index is -0.543. The summed E-state index contributed by atoms with van der Waals surface area (Å²) in [4.78, 5) is 28.7. The molecular formula is C14H22N4O3. The highest BCUT2D eigenvalue weighted by molar-refractivity contribution is 5.99. The van der Waals surface area contributed by atoms with Crippen LogP contribution < -0.4 is 5.32 Å². The third-order valence-electron chi connectivity index (χ3n) is 3.01. The molecule has 0 saturated heterocycles. The maximum atomic E-state index is 12.7. The monoisotopic (exact) mass is 294 g/mol. The third kappa shape index (κ3) is 4.14. The highest BCUT2D eigenvalue weighted by Gasteiger charge is 2.24. The van der Waals surface area contributed by atoms with Gasteiger partial charge in [0, 0.05) is 25.2 Å². The first-order valence-electron chi connectivity index (χ1n) is 7.11. The Labute approximate surface area is 124 Å². The van der Waals surface area contributed by atoms with Gasteiger partial charge >= 0.3 is 0 Å². The average Bonchev–Trinajstić information content (AvgIpc) is 2.44.